The van der Waals surface area contributed by atoms with Crippen LogP contribution in [0.5, 0.6) is 0 Å². The molecule has 2 aliphatic carbocycles. The van der Waals surface area contributed by atoms with Crippen molar-refractivity contribution >= 4 is 17.9 Å². The summed E-state index contributed by atoms with van der Waals surface area (Å²) in [6, 6.07) is 10.7. The molecule has 2 nitrogen and oxygen atoms in total. The van der Waals surface area contributed by atoms with E-state index in [2.05, 4.69) is 43.0 Å². The van der Waals surface area contributed by atoms with Crippen LogP contribution in [0.25, 0.3) is 0 Å². The van der Waals surface area contributed by atoms with Gasteiger partial charge in [0.1, 0.15) is 6.29 Å². The Morgan fingerprint density at radius 1 is 1.17 bits per heavy atom. The van der Waals surface area contributed by atoms with E-state index in [1.54, 1.807) is 0 Å². The molecule has 4 unspecified atom stereocenters. The third kappa shape index (κ3) is 4.16. The summed E-state index contributed by atoms with van der Waals surface area (Å²) in [6.07, 6.45) is 5.59. The number of hydrogen-bond acceptors (Lipinski definition) is 2. The molecule has 3 heteroatoms. The fourth-order valence-electron chi connectivity index (χ4n) is 4.63. The lowest BCUT2D eigenvalue weighted by atomic mass is 9.61. The maximum absolute atomic E-state index is 11.4. The van der Waals surface area contributed by atoms with Gasteiger partial charge in [-0.25, -0.2) is 0 Å². The average Bonchev–Trinajstić information content (AvgIpc) is 2.91. The van der Waals surface area contributed by atoms with Gasteiger partial charge in [-0.05, 0) is 55.0 Å². The molecular formula is C20H32ClNO. The smallest absolute Gasteiger partial charge is 0.123 e. The molecule has 0 aromatic heterocycles. The maximum Gasteiger partial charge on any atom is 0.123 e. The number of aldehydes is 1. The molecule has 130 valence electrons. The second-order valence-corrected chi connectivity index (χ2v) is 7.21. The Balaban J connectivity index is 0.000000615. The second-order valence-electron chi connectivity index (χ2n) is 6.94. The van der Waals surface area contributed by atoms with Gasteiger partial charge in [0.15, 0.2) is 0 Å². The quantitative estimate of drug-likeness (QED) is 0.636. The van der Waals surface area contributed by atoms with Gasteiger partial charge < -0.3 is 10.5 Å². The molecule has 2 aliphatic rings. The lowest BCUT2D eigenvalue weighted by Gasteiger charge is -2.44. The van der Waals surface area contributed by atoms with Gasteiger partial charge in [0, 0.05) is 11.8 Å². The monoisotopic (exact) mass is 337 g/mol. The highest BCUT2D eigenvalue weighted by molar-refractivity contribution is 6.18. The van der Waals surface area contributed by atoms with E-state index in [-0.39, 0.29) is 16.7 Å². The van der Waals surface area contributed by atoms with Crippen molar-refractivity contribution in [2.24, 2.45) is 23.0 Å². The van der Waals surface area contributed by atoms with Gasteiger partial charge in [0.05, 0.1) is 0 Å². The van der Waals surface area contributed by atoms with Gasteiger partial charge in [-0.3, -0.25) is 0 Å². The van der Waals surface area contributed by atoms with E-state index in [9.17, 15) is 4.79 Å². The number of halogens is 1. The third-order valence-electron chi connectivity index (χ3n) is 5.29. The standard InChI is InChI=1S/C17H21ClO.C2H6.CH5N/c1-16(12-18)7-13-8-17(11-16,9-14(13)10-19)15-5-3-2-4-6-15;2*1-2/h2-6,10,13-14H,7-9,11-12H2,1H3;1-2H3;2H2,1H3. The Bertz CT molecular complexity index is 478. The first kappa shape index (κ1) is 20.2. The Morgan fingerprint density at radius 3 is 2.30 bits per heavy atom. The van der Waals surface area contributed by atoms with E-state index in [0.29, 0.717) is 11.8 Å². The van der Waals surface area contributed by atoms with E-state index >= 15 is 0 Å². The van der Waals surface area contributed by atoms with Crippen LogP contribution in [0.1, 0.15) is 52.0 Å². The molecule has 3 rings (SSSR count). The van der Waals surface area contributed by atoms with Crippen LogP contribution in [-0.4, -0.2) is 19.2 Å². The predicted octanol–water partition coefficient (Wildman–Crippen LogP) is 4.79. The topological polar surface area (TPSA) is 43.1 Å². The first-order chi connectivity index (χ1) is 11.1. The number of alkyl halides is 1. The number of fused-ring (bicyclic) bond motifs is 2. The molecule has 2 bridgehead atoms. The van der Waals surface area contributed by atoms with Gasteiger partial charge in [-0.2, -0.15) is 0 Å². The van der Waals surface area contributed by atoms with Crippen molar-refractivity contribution in [2.45, 2.75) is 51.9 Å². The molecule has 2 fully saturated rings. The minimum Gasteiger partial charge on any atom is -0.333 e. The fourth-order valence-corrected chi connectivity index (χ4v) is 4.84. The van der Waals surface area contributed by atoms with Crippen molar-refractivity contribution in [1.82, 2.24) is 0 Å². The molecule has 0 spiro atoms. The first-order valence-corrected chi connectivity index (χ1v) is 9.29. The number of hydrogen-bond donors (Lipinski definition) is 1. The fraction of sp³-hybridized carbons (Fsp3) is 0.650. The van der Waals surface area contributed by atoms with Crippen molar-refractivity contribution < 1.29 is 4.79 Å². The molecule has 0 heterocycles. The highest BCUT2D eigenvalue weighted by atomic mass is 35.5. The summed E-state index contributed by atoms with van der Waals surface area (Å²) in [6.45, 7) is 6.29. The zero-order chi connectivity index (χ0) is 17.5. The lowest BCUT2D eigenvalue weighted by molar-refractivity contribution is -0.112. The maximum atomic E-state index is 11.4. The largest absolute Gasteiger partial charge is 0.333 e. The second kappa shape index (κ2) is 8.84. The average molecular weight is 338 g/mol. The molecule has 1 aromatic rings. The van der Waals surface area contributed by atoms with Crippen LogP contribution in [0.3, 0.4) is 0 Å². The van der Waals surface area contributed by atoms with Crippen LogP contribution in [0.4, 0.5) is 0 Å². The van der Waals surface area contributed by atoms with Gasteiger partial charge >= 0.3 is 0 Å². The van der Waals surface area contributed by atoms with Crippen LogP contribution in [0.15, 0.2) is 30.3 Å². The highest BCUT2D eigenvalue weighted by Gasteiger charge is 2.54. The minimum atomic E-state index is 0.179. The Kier molecular flexibility index (Phi) is 7.76. The Labute approximate surface area is 146 Å². The van der Waals surface area contributed by atoms with E-state index in [4.69, 9.17) is 11.6 Å². The minimum absolute atomic E-state index is 0.179. The summed E-state index contributed by atoms with van der Waals surface area (Å²) in [5.41, 5.74) is 6.26. The van der Waals surface area contributed by atoms with Gasteiger partial charge in [0.2, 0.25) is 0 Å². The lowest BCUT2D eigenvalue weighted by Crippen LogP contribution is -2.37. The number of carbonyl (C=O) groups is 1. The molecule has 0 saturated heterocycles. The van der Waals surface area contributed by atoms with Crippen molar-refractivity contribution in [3.63, 3.8) is 0 Å². The number of benzene rings is 1. The van der Waals surface area contributed by atoms with Crippen LogP contribution in [-0.2, 0) is 10.2 Å². The third-order valence-corrected chi connectivity index (χ3v) is 5.93. The number of rotatable bonds is 3. The van der Waals surface area contributed by atoms with Crippen LogP contribution >= 0.6 is 11.6 Å². The Hall–Kier alpha value is -0.860. The van der Waals surface area contributed by atoms with E-state index in [0.717, 1.165) is 25.7 Å². The summed E-state index contributed by atoms with van der Waals surface area (Å²) in [4.78, 5) is 11.4. The van der Waals surface area contributed by atoms with E-state index < -0.39 is 0 Å². The summed E-state index contributed by atoms with van der Waals surface area (Å²) in [5.74, 6) is 1.45. The summed E-state index contributed by atoms with van der Waals surface area (Å²) in [5, 5.41) is 0. The normalized spacial score (nSPS) is 34.5. The van der Waals surface area contributed by atoms with Crippen LogP contribution in [0, 0.1) is 17.3 Å². The zero-order valence-electron chi connectivity index (χ0n) is 15.0. The predicted molar refractivity (Wildman–Crippen MR) is 99.9 cm³/mol. The van der Waals surface area contributed by atoms with Crippen LogP contribution in [0.2, 0.25) is 0 Å². The van der Waals surface area contributed by atoms with Gasteiger partial charge in [-0.1, -0.05) is 51.1 Å². The molecule has 0 amide bonds. The molecule has 0 radical (unpaired) electrons. The van der Waals surface area contributed by atoms with Gasteiger partial charge in [0.25, 0.3) is 0 Å². The molecule has 23 heavy (non-hydrogen) atoms. The van der Waals surface area contributed by atoms with Gasteiger partial charge in [-0.15, -0.1) is 11.6 Å². The van der Waals surface area contributed by atoms with Crippen molar-refractivity contribution in [1.29, 1.82) is 0 Å². The summed E-state index contributed by atoms with van der Waals surface area (Å²) < 4.78 is 0. The number of nitrogens with two attached hydrogens (primary N) is 1. The van der Waals surface area contributed by atoms with Crippen molar-refractivity contribution in [3.8, 4) is 0 Å². The Morgan fingerprint density at radius 2 is 1.78 bits per heavy atom. The molecule has 2 N–H and O–H groups in total. The molecular weight excluding hydrogens is 306 g/mol. The van der Waals surface area contributed by atoms with Crippen molar-refractivity contribution in [3.05, 3.63) is 35.9 Å². The molecule has 4 atom stereocenters. The summed E-state index contributed by atoms with van der Waals surface area (Å²) >= 11 is 6.23. The van der Waals surface area contributed by atoms with Crippen molar-refractivity contribution in [2.75, 3.05) is 12.9 Å². The summed E-state index contributed by atoms with van der Waals surface area (Å²) in [7, 11) is 1.50. The van der Waals surface area contributed by atoms with E-state index in [1.807, 2.05) is 13.8 Å². The molecule has 1 aromatic carbocycles. The van der Waals surface area contributed by atoms with Crippen LogP contribution < -0.4 is 5.73 Å². The van der Waals surface area contributed by atoms with E-state index in [1.165, 1.54) is 18.9 Å². The molecule has 0 aliphatic heterocycles. The SMILES string of the molecule is CC.CC1(CCl)CC2CC(c3ccccc3)(CC2C=O)C1.CN. The highest BCUT2D eigenvalue weighted by Crippen LogP contribution is 2.60. The molecule has 2 saturated carbocycles. The number of carbonyl (C=O) groups excluding carboxylic acids is 1. The first-order valence-electron chi connectivity index (χ1n) is 8.75. The zero-order valence-corrected chi connectivity index (χ0v) is 15.8.